The van der Waals surface area contributed by atoms with Crippen LogP contribution in [0.25, 0.3) is 0 Å². The quantitative estimate of drug-likeness (QED) is 0.823. The molecule has 2 nitrogen and oxygen atoms in total. The molecule has 1 aromatic carbocycles. The molecule has 2 heteroatoms. The summed E-state index contributed by atoms with van der Waals surface area (Å²) in [6.07, 6.45) is 0.880. The number of ether oxygens (including phenoxy) is 1. The number of rotatable bonds is 4. The predicted molar refractivity (Wildman–Crippen MR) is 63.9 cm³/mol. The maximum atomic E-state index is 6.37. The third-order valence-corrected chi connectivity index (χ3v) is 3.17. The van der Waals surface area contributed by atoms with Gasteiger partial charge in [-0.1, -0.05) is 25.1 Å². The lowest BCUT2D eigenvalue weighted by Crippen LogP contribution is -2.41. The van der Waals surface area contributed by atoms with Gasteiger partial charge in [-0.05, 0) is 37.0 Å². The first-order valence-corrected chi connectivity index (χ1v) is 5.39. The molecule has 0 aliphatic heterocycles. The highest BCUT2D eigenvalue weighted by molar-refractivity contribution is 5.38. The summed E-state index contributed by atoms with van der Waals surface area (Å²) < 4.78 is 5.22. The third-order valence-electron chi connectivity index (χ3n) is 3.17. The van der Waals surface area contributed by atoms with Crippen LogP contribution in [-0.4, -0.2) is 13.7 Å². The standard InChI is InChI=1S/C13H21NO/c1-5-13(14,9-15-4)12-8-6-7-10(2)11(12)3/h6-8H,5,9,14H2,1-4H3. The Balaban J connectivity index is 3.17. The number of aryl methyl sites for hydroxylation is 1. The number of benzene rings is 1. The predicted octanol–water partition coefficient (Wildman–Crippen LogP) is 2.51. The summed E-state index contributed by atoms with van der Waals surface area (Å²) in [5, 5.41) is 0. The van der Waals surface area contributed by atoms with E-state index in [2.05, 4.69) is 39.0 Å². The van der Waals surface area contributed by atoms with Crippen molar-refractivity contribution in [1.82, 2.24) is 0 Å². The largest absolute Gasteiger partial charge is 0.382 e. The summed E-state index contributed by atoms with van der Waals surface area (Å²) in [5.74, 6) is 0. The first-order valence-electron chi connectivity index (χ1n) is 5.39. The van der Waals surface area contributed by atoms with Gasteiger partial charge in [0.15, 0.2) is 0 Å². The van der Waals surface area contributed by atoms with Crippen LogP contribution in [0.1, 0.15) is 30.0 Å². The van der Waals surface area contributed by atoms with Crippen LogP contribution in [0.3, 0.4) is 0 Å². The van der Waals surface area contributed by atoms with Gasteiger partial charge in [0.1, 0.15) is 0 Å². The monoisotopic (exact) mass is 207 g/mol. The van der Waals surface area contributed by atoms with E-state index in [0.717, 1.165) is 6.42 Å². The van der Waals surface area contributed by atoms with Gasteiger partial charge >= 0.3 is 0 Å². The SMILES string of the molecule is CCC(N)(COC)c1cccc(C)c1C. The van der Waals surface area contributed by atoms with Crippen LogP contribution >= 0.6 is 0 Å². The Kier molecular flexibility index (Phi) is 3.89. The third kappa shape index (κ3) is 2.39. The van der Waals surface area contributed by atoms with Crippen LogP contribution in [-0.2, 0) is 10.3 Å². The van der Waals surface area contributed by atoms with Crippen molar-refractivity contribution in [3.63, 3.8) is 0 Å². The van der Waals surface area contributed by atoms with E-state index in [9.17, 15) is 0 Å². The molecular formula is C13H21NO. The van der Waals surface area contributed by atoms with Gasteiger partial charge in [0.05, 0.1) is 12.1 Å². The Morgan fingerprint density at radius 1 is 1.33 bits per heavy atom. The summed E-state index contributed by atoms with van der Waals surface area (Å²) in [5.41, 5.74) is 9.78. The van der Waals surface area contributed by atoms with Crippen molar-refractivity contribution in [3.8, 4) is 0 Å². The molecular weight excluding hydrogens is 186 g/mol. The second-order valence-corrected chi connectivity index (χ2v) is 4.19. The summed E-state index contributed by atoms with van der Waals surface area (Å²) in [6.45, 7) is 6.90. The van der Waals surface area contributed by atoms with Crippen LogP contribution in [0.15, 0.2) is 18.2 Å². The minimum Gasteiger partial charge on any atom is -0.382 e. The lowest BCUT2D eigenvalue weighted by Gasteiger charge is -2.30. The fourth-order valence-corrected chi connectivity index (χ4v) is 1.92. The highest BCUT2D eigenvalue weighted by atomic mass is 16.5. The molecule has 0 spiro atoms. The number of methoxy groups -OCH3 is 1. The molecule has 2 N–H and O–H groups in total. The average Bonchev–Trinajstić information content (AvgIpc) is 2.22. The van der Waals surface area contributed by atoms with Gasteiger partial charge in [-0.25, -0.2) is 0 Å². The van der Waals surface area contributed by atoms with Gasteiger partial charge in [0.25, 0.3) is 0 Å². The molecule has 0 bridgehead atoms. The Hall–Kier alpha value is -0.860. The fourth-order valence-electron chi connectivity index (χ4n) is 1.92. The molecule has 0 heterocycles. The Morgan fingerprint density at radius 2 is 2.00 bits per heavy atom. The molecule has 0 amide bonds. The van der Waals surface area contributed by atoms with Crippen molar-refractivity contribution in [2.75, 3.05) is 13.7 Å². The number of nitrogens with two attached hydrogens (primary N) is 1. The summed E-state index contributed by atoms with van der Waals surface area (Å²) in [7, 11) is 1.70. The molecule has 0 aliphatic carbocycles. The highest BCUT2D eigenvalue weighted by Crippen LogP contribution is 2.27. The van der Waals surface area contributed by atoms with E-state index in [4.69, 9.17) is 10.5 Å². The maximum Gasteiger partial charge on any atom is 0.0684 e. The van der Waals surface area contributed by atoms with Crippen molar-refractivity contribution in [3.05, 3.63) is 34.9 Å². The van der Waals surface area contributed by atoms with E-state index in [-0.39, 0.29) is 5.54 Å². The van der Waals surface area contributed by atoms with Crippen molar-refractivity contribution in [2.45, 2.75) is 32.7 Å². The van der Waals surface area contributed by atoms with Crippen LogP contribution in [0.4, 0.5) is 0 Å². The summed E-state index contributed by atoms with van der Waals surface area (Å²) in [4.78, 5) is 0. The van der Waals surface area contributed by atoms with Gasteiger partial charge in [-0.15, -0.1) is 0 Å². The summed E-state index contributed by atoms with van der Waals surface area (Å²) in [6, 6.07) is 6.27. The zero-order valence-corrected chi connectivity index (χ0v) is 10.1. The zero-order valence-electron chi connectivity index (χ0n) is 10.1. The van der Waals surface area contributed by atoms with E-state index in [1.54, 1.807) is 7.11 Å². The molecule has 0 radical (unpaired) electrons. The van der Waals surface area contributed by atoms with Gasteiger partial charge < -0.3 is 10.5 Å². The minimum absolute atomic E-state index is 0.356. The molecule has 1 aromatic rings. The molecule has 0 aromatic heterocycles. The molecule has 0 fully saturated rings. The van der Waals surface area contributed by atoms with Gasteiger partial charge in [-0.2, -0.15) is 0 Å². The topological polar surface area (TPSA) is 35.2 Å². The van der Waals surface area contributed by atoms with Crippen molar-refractivity contribution in [2.24, 2.45) is 5.73 Å². The lowest BCUT2D eigenvalue weighted by atomic mass is 9.85. The molecule has 84 valence electrons. The van der Waals surface area contributed by atoms with Crippen molar-refractivity contribution in [1.29, 1.82) is 0 Å². The van der Waals surface area contributed by atoms with E-state index in [1.807, 2.05) is 0 Å². The Morgan fingerprint density at radius 3 is 2.53 bits per heavy atom. The molecule has 1 rings (SSSR count). The lowest BCUT2D eigenvalue weighted by molar-refractivity contribution is 0.129. The second-order valence-electron chi connectivity index (χ2n) is 4.19. The van der Waals surface area contributed by atoms with Crippen molar-refractivity contribution < 1.29 is 4.74 Å². The normalized spacial score (nSPS) is 15.0. The highest BCUT2D eigenvalue weighted by Gasteiger charge is 2.26. The molecule has 15 heavy (non-hydrogen) atoms. The molecule has 0 saturated carbocycles. The molecule has 0 aliphatic rings. The maximum absolute atomic E-state index is 6.37. The van der Waals surface area contributed by atoms with Crippen molar-refractivity contribution >= 4 is 0 Å². The fraction of sp³-hybridized carbons (Fsp3) is 0.538. The van der Waals surface area contributed by atoms with Crippen LogP contribution in [0, 0.1) is 13.8 Å². The Labute approximate surface area is 92.4 Å². The smallest absolute Gasteiger partial charge is 0.0684 e. The van der Waals surface area contributed by atoms with E-state index >= 15 is 0 Å². The Bertz CT molecular complexity index is 335. The number of hydrogen-bond donors (Lipinski definition) is 1. The van der Waals surface area contributed by atoms with E-state index in [1.165, 1.54) is 16.7 Å². The number of hydrogen-bond acceptors (Lipinski definition) is 2. The summed E-state index contributed by atoms with van der Waals surface area (Å²) >= 11 is 0. The average molecular weight is 207 g/mol. The van der Waals surface area contributed by atoms with E-state index in [0.29, 0.717) is 6.61 Å². The van der Waals surface area contributed by atoms with E-state index < -0.39 is 0 Å². The first-order chi connectivity index (χ1) is 7.05. The second kappa shape index (κ2) is 4.77. The minimum atomic E-state index is -0.356. The van der Waals surface area contributed by atoms with Crippen LogP contribution < -0.4 is 5.73 Å². The van der Waals surface area contributed by atoms with Crippen LogP contribution in [0.5, 0.6) is 0 Å². The molecule has 1 unspecified atom stereocenters. The molecule has 0 saturated heterocycles. The van der Waals surface area contributed by atoms with Gasteiger partial charge in [-0.3, -0.25) is 0 Å². The zero-order chi connectivity index (χ0) is 11.5. The van der Waals surface area contributed by atoms with Crippen LogP contribution in [0.2, 0.25) is 0 Å². The molecule has 1 atom stereocenters. The van der Waals surface area contributed by atoms with Gasteiger partial charge in [0, 0.05) is 7.11 Å². The first kappa shape index (κ1) is 12.2. The van der Waals surface area contributed by atoms with Gasteiger partial charge in [0.2, 0.25) is 0 Å².